The van der Waals surface area contributed by atoms with Crippen molar-refractivity contribution in [2.75, 3.05) is 41.2 Å². The van der Waals surface area contributed by atoms with Crippen LogP contribution in [0.25, 0.3) is 0 Å². The minimum absolute atomic E-state index is 0.0130. The van der Waals surface area contributed by atoms with Gasteiger partial charge in [0.05, 0.1) is 35.0 Å². The smallest absolute Gasteiger partial charge is 0.300 e. The molecule has 4 aromatic carbocycles. The average molecular weight is 807 g/mol. The summed E-state index contributed by atoms with van der Waals surface area (Å²) in [6.07, 6.45) is 0.564. The Morgan fingerprint density at radius 1 is 0.625 bits per heavy atom. The summed E-state index contributed by atoms with van der Waals surface area (Å²) in [5.41, 5.74) is 1.34. The predicted octanol–water partition coefficient (Wildman–Crippen LogP) is 10.5. The highest BCUT2D eigenvalue weighted by atomic mass is 31.2. The lowest BCUT2D eigenvalue weighted by molar-refractivity contribution is 0.102. The highest BCUT2D eigenvalue weighted by molar-refractivity contribution is 7.95. The zero-order chi connectivity index (χ0) is 42.0. The van der Waals surface area contributed by atoms with E-state index in [9.17, 15) is 23.5 Å². The minimum atomic E-state index is -4.25. The first-order chi connectivity index (χ1) is 26.3. The van der Waals surface area contributed by atoms with Gasteiger partial charge in [-0.05, 0) is 98.5 Å². The first-order valence-corrected chi connectivity index (χ1v) is 21.9. The standard InChI is InChI=1S/C26H35O7P.C18H21O3P/c1-17(15-26(2,3)4)16-34(29,24(27)22-18(30-5)11-9-12-19(22)31-6)25(28)23-20(32-7)13-10-14-21(23)33-8;1-5-21-22(20,16-9-7-6-8-10-16)18(19)17-12-11-13(2)14(3)15(17)4/h9-14,17H,15-16H2,1-8H3;6-12H,5H2,1-4H3. The Bertz CT molecular complexity index is 2000. The summed E-state index contributed by atoms with van der Waals surface area (Å²) in [5.74, 6) is 0.571. The Labute approximate surface area is 332 Å². The Morgan fingerprint density at radius 3 is 1.46 bits per heavy atom. The highest BCUT2D eigenvalue weighted by Crippen LogP contribution is 2.58. The number of benzene rings is 4. The molecule has 10 nitrogen and oxygen atoms in total. The molecular weight excluding hydrogens is 750 g/mol. The zero-order valence-electron chi connectivity index (χ0n) is 34.7. The molecular formula is C44H56O10P2. The molecule has 0 spiro atoms. The van der Waals surface area contributed by atoms with E-state index in [1.54, 1.807) is 73.7 Å². The number of hydrogen-bond acceptors (Lipinski definition) is 10. The van der Waals surface area contributed by atoms with Crippen LogP contribution in [-0.4, -0.2) is 57.8 Å². The SMILES string of the molecule is CCOP(=O)(C(=O)c1ccc(C)c(C)c1C)c1ccccc1.COc1cccc(OC)c1C(=O)P(=O)(CC(C)CC(C)(C)C)C(=O)c1c(OC)cccc1OC. The van der Waals surface area contributed by atoms with Gasteiger partial charge in [-0.2, -0.15) is 0 Å². The summed E-state index contributed by atoms with van der Waals surface area (Å²) >= 11 is 0. The lowest BCUT2D eigenvalue weighted by atomic mass is 9.86. The van der Waals surface area contributed by atoms with E-state index in [0.717, 1.165) is 16.7 Å². The van der Waals surface area contributed by atoms with E-state index in [1.165, 1.54) is 28.4 Å². The Balaban J connectivity index is 0.000000329. The van der Waals surface area contributed by atoms with Crippen molar-refractivity contribution in [1.82, 2.24) is 0 Å². The van der Waals surface area contributed by atoms with Crippen LogP contribution in [-0.2, 0) is 13.7 Å². The van der Waals surface area contributed by atoms with E-state index < -0.39 is 31.1 Å². The molecule has 0 heterocycles. The van der Waals surface area contributed by atoms with Gasteiger partial charge < -0.3 is 28.0 Å². The molecule has 0 saturated carbocycles. The molecule has 12 heteroatoms. The fourth-order valence-electron chi connectivity index (χ4n) is 6.69. The number of carbonyl (C=O) groups excluding carboxylic acids is 3. The second kappa shape index (κ2) is 19.6. The van der Waals surface area contributed by atoms with Crippen LogP contribution in [0.1, 0.15) is 88.8 Å². The second-order valence-electron chi connectivity index (χ2n) is 14.8. The molecule has 0 N–H and O–H groups in total. The van der Waals surface area contributed by atoms with Crippen LogP contribution in [0.4, 0.5) is 0 Å². The van der Waals surface area contributed by atoms with E-state index in [2.05, 4.69) is 20.8 Å². The maximum Gasteiger partial charge on any atom is 0.300 e. The van der Waals surface area contributed by atoms with Crippen LogP contribution >= 0.6 is 14.5 Å². The number of methoxy groups -OCH3 is 4. The van der Waals surface area contributed by atoms with E-state index in [1.807, 2.05) is 39.8 Å². The Kier molecular flexibility index (Phi) is 16.1. The Hall–Kier alpha value is -4.49. The van der Waals surface area contributed by atoms with Crippen molar-refractivity contribution in [3.63, 3.8) is 0 Å². The van der Waals surface area contributed by atoms with Crippen molar-refractivity contribution in [3.8, 4) is 23.0 Å². The van der Waals surface area contributed by atoms with Gasteiger partial charge in [0, 0.05) is 17.0 Å². The molecule has 0 aliphatic heterocycles. The fraction of sp³-hybridized carbons (Fsp3) is 0.386. The molecule has 0 amide bonds. The summed E-state index contributed by atoms with van der Waals surface area (Å²) in [5, 5.41) is 0.444. The van der Waals surface area contributed by atoms with Crippen molar-refractivity contribution < 1.29 is 47.0 Å². The molecule has 2 unspecified atom stereocenters. The number of rotatable bonds is 16. The molecule has 0 aliphatic rings. The maximum atomic E-state index is 14.7. The molecule has 0 radical (unpaired) electrons. The third-order valence-electron chi connectivity index (χ3n) is 9.43. The minimum Gasteiger partial charge on any atom is -0.496 e. The molecule has 0 bridgehead atoms. The fourth-order valence-corrected chi connectivity index (χ4v) is 11.4. The van der Waals surface area contributed by atoms with Crippen LogP contribution in [0.2, 0.25) is 0 Å². The zero-order valence-corrected chi connectivity index (χ0v) is 36.5. The molecule has 4 aromatic rings. The maximum absolute atomic E-state index is 14.7. The molecule has 2 atom stereocenters. The molecule has 4 rings (SSSR count). The number of hydrogen-bond donors (Lipinski definition) is 0. The van der Waals surface area contributed by atoms with Gasteiger partial charge in [0.1, 0.15) is 34.1 Å². The van der Waals surface area contributed by atoms with Crippen LogP contribution < -0.4 is 24.3 Å². The van der Waals surface area contributed by atoms with Crippen LogP contribution in [0.15, 0.2) is 78.9 Å². The van der Waals surface area contributed by atoms with Crippen molar-refractivity contribution in [2.24, 2.45) is 11.3 Å². The van der Waals surface area contributed by atoms with Crippen molar-refractivity contribution in [1.29, 1.82) is 0 Å². The van der Waals surface area contributed by atoms with Gasteiger partial charge in [0.25, 0.3) is 5.52 Å². The van der Waals surface area contributed by atoms with E-state index in [4.69, 9.17) is 23.5 Å². The second-order valence-corrected chi connectivity index (χ2v) is 19.7. The predicted molar refractivity (Wildman–Crippen MR) is 224 cm³/mol. The van der Waals surface area contributed by atoms with Crippen molar-refractivity contribution >= 4 is 36.4 Å². The van der Waals surface area contributed by atoms with Gasteiger partial charge in [-0.1, -0.05) is 70.2 Å². The van der Waals surface area contributed by atoms with Gasteiger partial charge in [-0.15, -0.1) is 0 Å². The summed E-state index contributed by atoms with van der Waals surface area (Å²) in [4.78, 5) is 41.0. The first-order valence-electron chi connectivity index (χ1n) is 18.4. The van der Waals surface area contributed by atoms with Crippen LogP contribution in [0.3, 0.4) is 0 Å². The lowest BCUT2D eigenvalue weighted by Gasteiger charge is -2.27. The normalized spacial score (nSPS) is 13.0. The number of carbonyl (C=O) groups is 3. The molecule has 56 heavy (non-hydrogen) atoms. The third-order valence-corrected chi connectivity index (χ3v) is 14.7. The van der Waals surface area contributed by atoms with E-state index >= 15 is 0 Å². The Morgan fingerprint density at radius 2 is 1.07 bits per heavy atom. The number of aryl methyl sites for hydroxylation is 1. The van der Waals surface area contributed by atoms with Gasteiger partial charge in [0.15, 0.2) is 0 Å². The first kappa shape index (κ1) is 45.9. The molecule has 302 valence electrons. The summed E-state index contributed by atoms with van der Waals surface area (Å²) < 4.78 is 54.9. The summed E-state index contributed by atoms with van der Waals surface area (Å²) in [6, 6.07) is 22.0. The summed E-state index contributed by atoms with van der Waals surface area (Å²) in [6.45, 7) is 15.9. The third kappa shape index (κ3) is 10.3. The molecule has 0 aliphatic carbocycles. The van der Waals surface area contributed by atoms with E-state index in [-0.39, 0.29) is 58.2 Å². The summed E-state index contributed by atoms with van der Waals surface area (Å²) in [7, 11) is -2.21. The average Bonchev–Trinajstić information content (AvgIpc) is 3.18. The van der Waals surface area contributed by atoms with E-state index in [0.29, 0.717) is 17.3 Å². The van der Waals surface area contributed by atoms with Gasteiger partial charge >= 0.3 is 7.37 Å². The molecule has 0 fully saturated rings. The largest absolute Gasteiger partial charge is 0.496 e. The quantitative estimate of drug-likeness (QED) is 0.101. The number of ether oxygens (including phenoxy) is 4. The lowest BCUT2D eigenvalue weighted by Crippen LogP contribution is -2.21. The monoisotopic (exact) mass is 806 g/mol. The van der Waals surface area contributed by atoms with Gasteiger partial charge in [-0.3, -0.25) is 18.9 Å². The van der Waals surface area contributed by atoms with Crippen LogP contribution in [0, 0.1) is 32.1 Å². The topological polar surface area (TPSA) is 132 Å². The highest BCUT2D eigenvalue weighted by Gasteiger charge is 2.46. The van der Waals surface area contributed by atoms with Crippen molar-refractivity contribution in [2.45, 2.75) is 61.8 Å². The molecule has 0 saturated heterocycles. The van der Waals surface area contributed by atoms with Gasteiger partial charge in [0.2, 0.25) is 18.2 Å². The van der Waals surface area contributed by atoms with Crippen molar-refractivity contribution in [3.05, 3.63) is 112 Å². The van der Waals surface area contributed by atoms with Crippen LogP contribution in [0.5, 0.6) is 23.0 Å². The van der Waals surface area contributed by atoms with Gasteiger partial charge in [-0.25, -0.2) is 0 Å². The molecule has 0 aromatic heterocycles.